The number of sulfone groups is 1. The maximum Gasteiger partial charge on any atom is 0.338 e. The lowest BCUT2D eigenvalue weighted by Gasteiger charge is -2.28. The molecule has 1 N–H and O–H groups in total. The first-order chi connectivity index (χ1) is 15.7. The molecule has 9 nitrogen and oxygen atoms in total. The third kappa shape index (κ3) is 6.44. The van der Waals surface area contributed by atoms with Crippen molar-refractivity contribution in [2.45, 2.75) is 39.2 Å². The van der Waals surface area contributed by atoms with Gasteiger partial charge in [-0.2, -0.15) is 0 Å². The average Bonchev–Trinajstić information content (AvgIpc) is 3.43. The van der Waals surface area contributed by atoms with Gasteiger partial charge < -0.3 is 19.4 Å². The molecule has 1 unspecified atom stereocenters. The predicted octanol–water partition coefficient (Wildman–Crippen LogP) is 2.81. The van der Waals surface area contributed by atoms with Gasteiger partial charge in [0, 0.05) is 18.3 Å². The van der Waals surface area contributed by atoms with Crippen LogP contribution in [0.2, 0.25) is 0 Å². The Morgan fingerprint density at radius 1 is 1.24 bits per heavy atom. The lowest BCUT2D eigenvalue weighted by Crippen LogP contribution is -2.43. The van der Waals surface area contributed by atoms with Crippen LogP contribution in [0, 0.1) is 6.92 Å². The molecule has 2 aromatic rings. The molecule has 0 radical (unpaired) electrons. The van der Waals surface area contributed by atoms with E-state index in [0.29, 0.717) is 18.7 Å². The van der Waals surface area contributed by atoms with Crippen molar-refractivity contribution in [2.75, 3.05) is 30.0 Å². The number of unbranched alkanes of at least 4 members (excludes halogenated alkanes) is 1. The van der Waals surface area contributed by atoms with E-state index in [1.54, 1.807) is 25.1 Å². The van der Waals surface area contributed by atoms with Crippen LogP contribution in [0.4, 0.5) is 5.69 Å². The van der Waals surface area contributed by atoms with E-state index in [4.69, 9.17) is 9.15 Å². The van der Waals surface area contributed by atoms with E-state index in [1.165, 1.54) is 23.3 Å². The lowest BCUT2D eigenvalue weighted by atomic mass is 10.1. The van der Waals surface area contributed by atoms with Crippen molar-refractivity contribution in [3.8, 4) is 0 Å². The summed E-state index contributed by atoms with van der Waals surface area (Å²) in [6.07, 6.45) is 3.35. The van der Waals surface area contributed by atoms with Crippen molar-refractivity contribution >= 4 is 33.3 Å². The van der Waals surface area contributed by atoms with Crippen molar-refractivity contribution in [1.29, 1.82) is 0 Å². The number of carbonyl (C=O) groups excluding carboxylic acids is 3. The molecule has 0 spiro atoms. The average molecular weight is 477 g/mol. The summed E-state index contributed by atoms with van der Waals surface area (Å²) in [5.74, 6) is -1.46. The minimum atomic E-state index is -3.15. The van der Waals surface area contributed by atoms with Gasteiger partial charge in [-0.1, -0.05) is 19.4 Å². The van der Waals surface area contributed by atoms with Gasteiger partial charge in [0.2, 0.25) is 0 Å². The number of furan rings is 1. The van der Waals surface area contributed by atoms with Crippen molar-refractivity contribution in [3.63, 3.8) is 0 Å². The predicted molar refractivity (Wildman–Crippen MR) is 122 cm³/mol. The molecule has 2 heterocycles. The molecule has 1 aromatic carbocycles. The number of hydrogen-bond donors (Lipinski definition) is 1. The van der Waals surface area contributed by atoms with Crippen LogP contribution >= 0.6 is 0 Å². The zero-order valence-electron chi connectivity index (χ0n) is 18.7. The molecule has 10 heteroatoms. The fraction of sp³-hybridized carbons (Fsp3) is 0.435. The number of aryl methyl sites for hydroxylation is 1. The van der Waals surface area contributed by atoms with Gasteiger partial charge in [0.1, 0.15) is 0 Å². The highest BCUT2D eigenvalue weighted by Gasteiger charge is 2.34. The van der Waals surface area contributed by atoms with Gasteiger partial charge in [-0.05, 0) is 49.6 Å². The molecule has 0 bridgehead atoms. The molecule has 178 valence electrons. The molecule has 0 aliphatic carbocycles. The SMILES string of the molecule is CCCCN(C(=O)COC(=O)c1ccc(C)c(NC(=O)c2ccco2)c1)C1CCS(=O)(=O)C1. The van der Waals surface area contributed by atoms with Gasteiger partial charge in [0.25, 0.3) is 11.8 Å². The summed E-state index contributed by atoms with van der Waals surface area (Å²) in [7, 11) is -3.15. The second kappa shape index (κ2) is 10.7. The molecule has 1 aliphatic heterocycles. The summed E-state index contributed by atoms with van der Waals surface area (Å²) in [6, 6.07) is 7.40. The van der Waals surface area contributed by atoms with Crippen LogP contribution in [-0.2, 0) is 19.4 Å². The summed E-state index contributed by atoms with van der Waals surface area (Å²) in [5, 5.41) is 2.69. The van der Waals surface area contributed by atoms with E-state index in [0.717, 1.165) is 18.4 Å². The topological polar surface area (TPSA) is 123 Å². The van der Waals surface area contributed by atoms with Crippen LogP contribution in [0.1, 0.15) is 52.7 Å². The molecule has 1 atom stereocenters. The number of anilines is 1. The van der Waals surface area contributed by atoms with E-state index < -0.39 is 40.3 Å². The van der Waals surface area contributed by atoms with Crippen LogP contribution in [0.3, 0.4) is 0 Å². The molecule has 1 aromatic heterocycles. The van der Waals surface area contributed by atoms with E-state index in [2.05, 4.69) is 5.32 Å². The maximum absolute atomic E-state index is 12.8. The highest BCUT2D eigenvalue weighted by molar-refractivity contribution is 7.91. The molecule has 0 saturated carbocycles. The van der Waals surface area contributed by atoms with E-state index >= 15 is 0 Å². The summed E-state index contributed by atoms with van der Waals surface area (Å²) in [4.78, 5) is 39.1. The Labute approximate surface area is 193 Å². The first-order valence-electron chi connectivity index (χ1n) is 10.8. The first kappa shape index (κ1) is 24.5. The quantitative estimate of drug-likeness (QED) is 0.552. The normalized spacial score (nSPS) is 16.8. The fourth-order valence-corrected chi connectivity index (χ4v) is 5.36. The zero-order valence-corrected chi connectivity index (χ0v) is 19.5. The number of nitrogens with zero attached hydrogens (tertiary/aromatic N) is 1. The van der Waals surface area contributed by atoms with Gasteiger partial charge >= 0.3 is 5.97 Å². The summed E-state index contributed by atoms with van der Waals surface area (Å²) >= 11 is 0. The third-order valence-corrected chi connectivity index (χ3v) is 7.27. The smallest absolute Gasteiger partial charge is 0.338 e. The van der Waals surface area contributed by atoms with Gasteiger partial charge in [0.15, 0.2) is 22.2 Å². The largest absolute Gasteiger partial charge is 0.459 e. The Kier molecular flexibility index (Phi) is 7.91. The Hall–Kier alpha value is -3.14. The lowest BCUT2D eigenvalue weighted by molar-refractivity contribution is -0.136. The van der Waals surface area contributed by atoms with Gasteiger partial charge in [-0.15, -0.1) is 0 Å². The van der Waals surface area contributed by atoms with Crippen LogP contribution in [0.15, 0.2) is 41.0 Å². The Bertz CT molecular complexity index is 1110. The van der Waals surface area contributed by atoms with Crippen LogP contribution < -0.4 is 5.32 Å². The van der Waals surface area contributed by atoms with Crippen molar-refractivity contribution in [2.24, 2.45) is 0 Å². The summed E-state index contributed by atoms with van der Waals surface area (Å²) in [5.41, 5.74) is 1.32. The summed E-state index contributed by atoms with van der Waals surface area (Å²) < 4.78 is 34.0. The molecular weight excluding hydrogens is 448 g/mol. The van der Waals surface area contributed by atoms with Crippen molar-refractivity contribution in [3.05, 3.63) is 53.5 Å². The molecule has 1 fully saturated rings. The zero-order chi connectivity index (χ0) is 24.0. The summed E-state index contributed by atoms with van der Waals surface area (Å²) in [6.45, 7) is 3.69. The third-order valence-electron chi connectivity index (χ3n) is 5.52. The van der Waals surface area contributed by atoms with Crippen LogP contribution in [0.25, 0.3) is 0 Å². The minimum Gasteiger partial charge on any atom is -0.459 e. The van der Waals surface area contributed by atoms with Gasteiger partial charge in [-0.3, -0.25) is 9.59 Å². The van der Waals surface area contributed by atoms with Crippen molar-refractivity contribution in [1.82, 2.24) is 4.90 Å². The van der Waals surface area contributed by atoms with E-state index in [-0.39, 0.29) is 22.8 Å². The van der Waals surface area contributed by atoms with Crippen LogP contribution in [0.5, 0.6) is 0 Å². The number of carbonyl (C=O) groups is 3. The number of esters is 1. The van der Waals surface area contributed by atoms with Gasteiger partial charge in [-0.25, -0.2) is 13.2 Å². The second-order valence-electron chi connectivity index (χ2n) is 8.03. The fourth-order valence-electron chi connectivity index (χ4n) is 3.63. The number of hydrogen-bond acceptors (Lipinski definition) is 7. The highest BCUT2D eigenvalue weighted by Crippen LogP contribution is 2.21. The monoisotopic (exact) mass is 476 g/mol. The minimum absolute atomic E-state index is 0.0588. The number of nitrogens with one attached hydrogen (secondary N) is 1. The molecule has 1 aliphatic rings. The number of amides is 2. The molecule has 2 amide bonds. The van der Waals surface area contributed by atoms with Gasteiger partial charge in [0.05, 0.1) is 23.3 Å². The van der Waals surface area contributed by atoms with E-state index in [9.17, 15) is 22.8 Å². The Balaban J connectivity index is 1.64. The Morgan fingerprint density at radius 2 is 2.03 bits per heavy atom. The standard InChI is InChI=1S/C23H28N2O7S/c1-3-4-10-25(18-9-12-33(29,30)15-18)21(26)14-32-23(28)17-8-7-16(2)19(13-17)24-22(27)20-6-5-11-31-20/h5-8,11,13,18H,3-4,9-10,12,14-15H2,1-2H3,(H,24,27). The molecule has 1 saturated heterocycles. The highest BCUT2D eigenvalue weighted by atomic mass is 32.2. The second-order valence-corrected chi connectivity index (χ2v) is 10.3. The van der Waals surface area contributed by atoms with Crippen LogP contribution in [-0.4, -0.2) is 61.8 Å². The Morgan fingerprint density at radius 3 is 2.67 bits per heavy atom. The molecule has 33 heavy (non-hydrogen) atoms. The number of benzene rings is 1. The molecule has 3 rings (SSSR count). The van der Waals surface area contributed by atoms with Crippen molar-refractivity contribution < 1.29 is 32.0 Å². The number of rotatable bonds is 9. The first-order valence-corrected chi connectivity index (χ1v) is 12.6. The maximum atomic E-state index is 12.8. The molecular formula is C23H28N2O7S. The van der Waals surface area contributed by atoms with E-state index in [1.807, 2.05) is 6.92 Å². The number of ether oxygens (including phenoxy) is 1.